The van der Waals surface area contributed by atoms with E-state index in [1.165, 1.54) is 0 Å². The summed E-state index contributed by atoms with van der Waals surface area (Å²) in [5.74, 6) is 0.774. The number of para-hydroxylation sites is 3. The van der Waals surface area contributed by atoms with E-state index >= 15 is 0 Å². The van der Waals surface area contributed by atoms with Gasteiger partial charge in [-0.05, 0) is 31.0 Å². The summed E-state index contributed by atoms with van der Waals surface area (Å²) in [6, 6.07) is 15.5. The van der Waals surface area contributed by atoms with Gasteiger partial charge in [-0.3, -0.25) is 9.89 Å². The van der Waals surface area contributed by atoms with Crippen LogP contribution in [0.5, 0.6) is 5.75 Å². The average molecular weight is 323 g/mol. The fourth-order valence-electron chi connectivity index (χ4n) is 2.83. The molecule has 0 aliphatic rings. The van der Waals surface area contributed by atoms with Gasteiger partial charge in [0.15, 0.2) is 0 Å². The molecule has 0 radical (unpaired) electrons. The minimum atomic E-state index is 0.0725. The Bertz CT molecular complexity index is 841. The van der Waals surface area contributed by atoms with E-state index in [1.54, 1.807) is 19.1 Å². The molecule has 2 aromatic carbocycles. The summed E-state index contributed by atoms with van der Waals surface area (Å²) in [5, 5.41) is 8.48. The molecule has 1 N–H and O–H groups in total. The lowest BCUT2D eigenvalue weighted by Crippen LogP contribution is -2.26. The van der Waals surface area contributed by atoms with Gasteiger partial charge in [0.1, 0.15) is 5.75 Å². The highest BCUT2D eigenvalue weighted by Gasteiger charge is 2.15. The lowest BCUT2D eigenvalue weighted by Gasteiger charge is -2.19. The van der Waals surface area contributed by atoms with E-state index in [1.807, 2.05) is 42.5 Å². The monoisotopic (exact) mass is 323 g/mol. The van der Waals surface area contributed by atoms with Gasteiger partial charge in [-0.1, -0.05) is 30.3 Å². The van der Waals surface area contributed by atoms with Crippen LogP contribution in [0.25, 0.3) is 10.9 Å². The van der Waals surface area contributed by atoms with Gasteiger partial charge in [-0.2, -0.15) is 5.10 Å². The maximum absolute atomic E-state index is 12.4. The van der Waals surface area contributed by atoms with Crippen molar-refractivity contribution in [3.8, 4) is 5.75 Å². The second-order valence-corrected chi connectivity index (χ2v) is 5.70. The van der Waals surface area contributed by atoms with Crippen molar-refractivity contribution in [2.45, 2.75) is 19.3 Å². The highest BCUT2D eigenvalue weighted by atomic mass is 16.5. The van der Waals surface area contributed by atoms with Gasteiger partial charge in [0.25, 0.3) is 0 Å². The molecule has 0 saturated heterocycles. The Morgan fingerprint density at radius 2 is 1.92 bits per heavy atom. The van der Waals surface area contributed by atoms with Crippen LogP contribution in [0.4, 0.5) is 5.69 Å². The van der Waals surface area contributed by atoms with Crippen molar-refractivity contribution in [3.63, 3.8) is 0 Å². The molecule has 3 aromatic rings. The number of aromatic nitrogens is 2. The number of carbonyl (C=O) groups excluding carboxylic acids is 1. The Morgan fingerprint density at radius 1 is 1.17 bits per heavy atom. The summed E-state index contributed by atoms with van der Waals surface area (Å²) in [5.41, 5.74) is 2.83. The minimum absolute atomic E-state index is 0.0725. The van der Waals surface area contributed by atoms with Gasteiger partial charge < -0.3 is 9.64 Å². The zero-order valence-electron chi connectivity index (χ0n) is 14.0. The molecule has 124 valence electrons. The number of aryl methyl sites for hydroxylation is 1. The Hall–Kier alpha value is -2.82. The Balaban J connectivity index is 1.61. The van der Waals surface area contributed by atoms with E-state index in [0.717, 1.165) is 35.1 Å². The van der Waals surface area contributed by atoms with Gasteiger partial charge in [-0.15, -0.1) is 0 Å². The highest BCUT2D eigenvalue weighted by molar-refractivity contribution is 5.94. The maximum Gasteiger partial charge on any atom is 0.226 e. The first kappa shape index (κ1) is 16.1. The summed E-state index contributed by atoms with van der Waals surface area (Å²) in [6.07, 6.45) is 2.04. The molecule has 0 atom stereocenters. The van der Waals surface area contributed by atoms with E-state index in [2.05, 4.69) is 16.3 Å². The Labute approximate surface area is 141 Å². The van der Waals surface area contributed by atoms with E-state index in [4.69, 9.17) is 4.74 Å². The zero-order valence-corrected chi connectivity index (χ0v) is 14.0. The maximum atomic E-state index is 12.4. The van der Waals surface area contributed by atoms with Crippen molar-refractivity contribution in [1.29, 1.82) is 0 Å². The zero-order chi connectivity index (χ0) is 16.9. The molecule has 24 heavy (non-hydrogen) atoms. The molecule has 0 unspecified atom stereocenters. The number of nitrogens with zero attached hydrogens (tertiary/aromatic N) is 2. The molecule has 1 aromatic heterocycles. The van der Waals surface area contributed by atoms with Crippen LogP contribution < -0.4 is 9.64 Å². The van der Waals surface area contributed by atoms with Crippen molar-refractivity contribution in [2.75, 3.05) is 19.1 Å². The largest absolute Gasteiger partial charge is 0.495 e. The van der Waals surface area contributed by atoms with Crippen molar-refractivity contribution in [3.05, 3.63) is 54.2 Å². The number of rotatable bonds is 6. The molecule has 1 heterocycles. The lowest BCUT2D eigenvalue weighted by molar-refractivity contribution is -0.118. The summed E-state index contributed by atoms with van der Waals surface area (Å²) < 4.78 is 5.32. The van der Waals surface area contributed by atoms with Crippen LogP contribution >= 0.6 is 0 Å². The van der Waals surface area contributed by atoms with Gasteiger partial charge in [0, 0.05) is 24.5 Å². The van der Waals surface area contributed by atoms with Crippen LogP contribution in [0.1, 0.15) is 18.5 Å². The van der Waals surface area contributed by atoms with Crippen molar-refractivity contribution in [2.24, 2.45) is 0 Å². The SMILES string of the molecule is COc1ccccc1N(C)C(=O)CCCc1[nH]nc2ccccc12. The van der Waals surface area contributed by atoms with Crippen LogP contribution in [0.2, 0.25) is 0 Å². The van der Waals surface area contributed by atoms with Crippen molar-refractivity contribution >= 4 is 22.5 Å². The molecule has 5 nitrogen and oxygen atoms in total. The number of ether oxygens (including phenoxy) is 1. The highest BCUT2D eigenvalue weighted by Crippen LogP contribution is 2.27. The molecule has 0 aliphatic carbocycles. The predicted octanol–water partition coefficient (Wildman–Crippen LogP) is 3.56. The number of carbonyl (C=O) groups is 1. The summed E-state index contributed by atoms with van der Waals surface area (Å²) in [6.45, 7) is 0. The van der Waals surface area contributed by atoms with Crippen molar-refractivity contribution in [1.82, 2.24) is 10.2 Å². The first-order chi connectivity index (χ1) is 11.7. The molecule has 0 aliphatic heterocycles. The lowest BCUT2D eigenvalue weighted by atomic mass is 10.1. The molecule has 3 rings (SSSR count). The molecule has 5 heteroatoms. The summed E-state index contributed by atoms with van der Waals surface area (Å²) in [7, 11) is 3.40. The number of benzene rings is 2. The number of fused-ring (bicyclic) bond motifs is 1. The molecule has 0 saturated carbocycles. The van der Waals surface area contributed by atoms with E-state index in [-0.39, 0.29) is 5.91 Å². The van der Waals surface area contributed by atoms with Crippen LogP contribution in [0.3, 0.4) is 0 Å². The molecule has 0 bridgehead atoms. The third-order valence-electron chi connectivity index (χ3n) is 4.18. The number of anilines is 1. The first-order valence-corrected chi connectivity index (χ1v) is 8.02. The topological polar surface area (TPSA) is 58.2 Å². The standard InChI is InChI=1S/C19H21N3O2/c1-22(17-11-5-6-12-18(17)24-2)19(23)13-7-10-16-14-8-3-4-9-15(14)20-21-16/h3-6,8-9,11-12H,7,10,13H2,1-2H3,(H,20,21). The number of methoxy groups -OCH3 is 1. The third kappa shape index (κ3) is 3.25. The Morgan fingerprint density at radius 3 is 2.75 bits per heavy atom. The number of hydrogen-bond donors (Lipinski definition) is 1. The van der Waals surface area contributed by atoms with E-state index < -0.39 is 0 Å². The van der Waals surface area contributed by atoms with Crippen LogP contribution in [0.15, 0.2) is 48.5 Å². The van der Waals surface area contributed by atoms with Crippen LogP contribution in [-0.2, 0) is 11.2 Å². The first-order valence-electron chi connectivity index (χ1n) is 8.02. The summed E-state index contributed by atoms with van der Waals surface area (Å²) >= 11 is 0. The fraction of sp³-hybridized carbons (Fsp3) is 0.263. The average Bonchev–Trinajstić information content (AvgIpc) is 3.04. The van der Waals surface area contributed by atoms with Gasteiger partial charge >= 0.3 is 0 Å². The minimum Gasteiger partial charge on any atom is -0.495 e. The molecule has 1 amide bonds. The number of amides is 1. The fourth-order valence-corrected chi connectivity index (χ4v) is 2.83. The van der Waals surface area contributed by atoms with Crippen molar-refractivity contribution < 1.29 is 9.53 Å². The van der Waals surface area contributed by atoms with Crippen LogP contribution in [0, 0.1) is 0 Å². The predicted molar refractivity (Wildman–Crippen MR) is 95.4 cm³/mol. The van der Waals surface area contributed by atoms with Crippen LogP contribution in [-0.4, -0.2) is 30.3 Å². The number of nitrogens with one attached hydrogen (secondary N) is 1. The molecular formula is C19H21N3O2. The second kappa shape index (κ2) is 7.17. The third-order valence-corrected chi connectivity index (χ3v) is 4.18. The van der Waals surface area contributed by atoms with E-state index in [0.29, 0.717) is 12.2 Å². The van der Waals surface area contributed by atoms with E-state index in [9.17, 15) is 4.79 Å². The quantitative estimate of drug-likeness (QED) is 0.754. The Kier molecular flexibility index (Phi) is 4.79. The number of hydrogen-bond acceptors (Lipinski definition) is 3. The smallest absolute Gasteiger partial charge is 0.226 e. The molecular weight excluding hydrogens is 302 g/mol. The normalized spacial score (nSPS) is 10.8. The molecule has 0 spiro atoms. The number of H-pyrrole nitrogens is 1. The second-order valence-electron chi connectivity index (χ2n) is 5.70. The summed E-state index contributed by atoms with van der Waals surface area (Å²) in [4.78, 5) is 14.1. The number of aromatic amines is 1. The van der Waals surface area contributed by atoms with Gasteiger partial charge in [0.05, 0.1) is 18.3 Å². The molecule has 0 fully saturated rings. The van der Waals surface area contributed by atoms with Gasteiger partial charge in [0.2, 0.25) is 5.91 Å². The van der Waals surface area contributed by atoms with Gasteiger partial charge in [-0.25, -0.2) is 0 Å².